The minimum Gasteiger partial charge on any atom is -0.467 e. The van der Waals surface area contributed by atoms with E-state index >= 15 is 0 Å². The van der Waals surface area contributed by atoms with E-state index in [0.717, 1.165) is 45.4 Å². The second-order valence-corrected chi connectivity index (χ2v) is 9.74. The first-order valence-electron chi connectivity index (χ1n) is 15.0. The maximum Gasteiger partial charge on any atom is 0.305 e. The Morgan fingerprint density at radius 1 is 0.639 bits per heavy atom. The van der Waals surface area contributed by atoms with Crippen molar-refractivity contribution in [1.82, 2.24) is 9.80 Å². The van der Waals surface area contributed by atoms with Crippen molar-refractivity contribution in [1.29, 1.82) is 0 Å². The Morgan fingerprint density at radius 2 is 1.19 bits per heavy atom. The molecule has 0 aliphatic heterocycles. The Kier molecular flexibility index (Phi) is 27.1. The SMILES string of the molecule is CCCCCCCC/C=C\CCCCCCCC(=O)OCCN(CCCN(CC)CC)CCOC=O. The Hall–Kier alpha value is -1.40. The van der Waals surface area contributed by atoms with Gasteiger partial charge in [-0.25, -0.2) is 0 Å². The van der Waals surface area contributed by atoms with E-state index in [0.29, 0.717) is 39.2 Å². The minimum atomic E-state index is -0.0974. The summed E-state index contributed by atoms with van der Waals surface area (Å²) in [5.74, 6) is -0.0974. The second kappa shape index (κ2) is 28.2. The lowest BCUT2D eigenvalue weighted by Gasteiger charge is -2.24. The van der Waals surface area contributed by atoms with Crippen LogP contribution in [0.5, 0.6) is 0 Å². The van der Waals surface area contributed by atoms with Gasteiger partial charge in [-0.05, 0) is 64.7 Å². The van der Waals surface area contributed by atoms with Gasteiger partial charge in [-0.1, -0.05) is 84.3 Å². The Labute approximate surface area is 223 Å². The quantitative estimate of drug-likeness (QED) is 0.0501. The standard InChI is InChI=1S/C30H58N2O4/c1-4-7-8-9-10-11-12-13-14-15-16-17-18-19-20-22-30(34)36-28-26-32(25-27-35-29-33)24-21-23-31(5-2)6-3/h13-14,29H,4-12,15-28H2,1-3H3/b14-13-. The molecule has 0 radical (unpaired) electrons. The average Bonchev–Trinajstić information content (AvgIpc) is 2.88. The molecule has 0 aliphatic carbocycles. The zero-order valence-electron chi connectivity index (χ0n) is 24.0. The molecule has 6 nitrogen and oxygen atoms in total. The van der Waals surface area contributed by atoms with Crippen LogP contribution in [0.4, 0.5) is 0 Å². The van der Waals surface area contributed by atoms with Crippen LogP contribution in [0.3, 0.4) is 0 Å². The van der Waals surface area contributed by atoms with Crippen molar-refractivity contribution in [2.24, 2.45) is 0 Å². The number of hydrogen-bond acceptors (Lipinski definition) is 6. The molecule has 0 aliphatic rings. The van der Waals surface area contributed by atoms with Gasteiger partial charge in [-0.15, -0.1) is 0 Å². The number of carbonyl (C=O) groups excluding carboxylic acids is 2. The monoisotopic (exact) mass is 510 g/mol. The van der Waals surface area contributed by atoms with Gasteiger partial charge in [0.15, 0.2) is 0 Å². The Bertz CT molecular complexity index is 509. The van der Waals surface area contributed by atoms with E-state index in [1.54, 1.807) is 0 Å². The summed E-state index contributed by atoms with van der Waals surface area (Å²) in [6, 6.07) is 0. The number of carbonyl (C=O) groups is 2. The maximum absolute atomic E-state index is 12.1. The summed E-state index contributed by atoms with van der Waals surface area (Å²) in [5, 5.41) is 0. The molecule has 0 N–H and O–H groups in total. The highest BCUT2D eigenvalue weighted by Gasteiger charge is 2.09. The molecule has 0 amide bonds. The van der Waals surface area contributed by atoms with E-state index in [-0.39, 0.29) is 5.97 Å². The third-order valence-corrected chi connectivity index (χ3v) is 6.75. The van der Waals surface area contributed by atoms with Crippen LogP contribution in [0.1, 0.15) is 117 Å². The van der Waals surface area contributed by atoms with Crippen molar-refractivity contribution >= 4 is 12.4 Å². The van der Waals surface area contributed by atoms with E-state index in [4.69, 9.17) is 9.47 Å². The van der Waals surface area contributed by atoms with Gasteiger partial charge in [0.05, 0.1) is 0 Å². The lowest BCUT2D eigenvalue weighted by atomic mass is 10.1. The van der Waals surface area contributed by atoms with Gasteiger partial charge < -0.3 is 14.4 Å². The van der Waals surface area contributed by atoms with Crippen molar-refractivity contribution in [2.75, 3.05) is 52.5 Å². The summed E-state index contributed by atoms with van der Waals surface area (Å²) in [4.78, 5) is 27.1. The van der Waals surface area contributed by atoms with Gasteiger partial charge in [-0.2, -0.15) is 0 Å². The molecule has 212 valence electrons. The van der Waals surface area contributed by atoms with Gasteiger partial charge in [-0.3, -0.25) is 14.5 Å². The summed E-state index contributed by atoms with van der Waals surface area (Å²) in [6.45, 7) is 13.3. The lowest BCUT2D eigenvalue weighted by Crippen LogP contribution is -2.34. The van der Waals surface area contributed by atoms with Crippen molar-refractivity contribution in [3.63, 3.8) is 0 Å². The first kappa shape index (κ1) is 34.6. The number of allylic oxidation sites excluding steroid dienone is 2. The molecule has 0 saturated heterocycles. The summed E-state index contributed by atoms with van der Waals surface area (Å²) in [6.07, 6.45) is 22.6. The summed E-state index contributed by atoms with van der Waals surface area (Å²) >= 11 is 0. The first-order chi connectivity index (χ1) is 17.7. The zero-order chi connectivity index (χ0) is 26.5. The molecule has 0 saturated carbocycles. The Balaban J connectivity index is 3.72. The minimum absolute atomic E-state index is 0.0974. The Morgan fingerprint density at radius 3 is 1.81 bits per heavy atom. The fourth-order valence-corrected chi connectivity index (χ4v) is 4.32. The molecular weight excluding hydrogens is 452 g/mol. The van der Waals surface area contributed by atoms with E-state index < -0.39 is 0 Å². The highest BCUT2D eigenvalue weighted by molar-refractivity contribution is 5.69. The number of hydrogen-bond donors (Lipinski definition) is 0. The van der Waals surface area contributed by atoms with Crippen LogP contribution in [-0.2, 0) is 19.1 Å². The van der Waals surface area contributed by atoms with Crippen molar-refractivity contribution in [2.45, 2.75) is 117 Å². The summed E-state index contributed by atoms with van der Waals surface area (Å²) in [5.41, 5.74) is 0. The highest BCUT2D eigenvalue weighted by atomic mass is 16.5. The average molecular weight is 511 g/mol. The molecule has 0 bridgehead atoms. The van der Waals surface area contributed by atoms with E-state index in [1.807, 2.05) is 0 Å². The maximum atomic E-state index is 12.1. The molecule has 0 spiro atoms. The predicted molar refractivity (Wildman–Crippen MR) is 151 cm³/mol. The molecule has 0 fully saturated rings. The van der Waals surface area contributed by atoms with E-state index in [1.165, 1.54) is 70.6 Å². The van der Waals surface area contributed by atoms with Crippen LogP contribution in [0, 0.1) is 0 Å². The topological polar surface area (TPSA) is 59.1 Å². The number of rotatable bonds is 28. The van der Waals surface area contributed by atoms with E-state index in [2.05, 4.69) is 42.7 Å². The van der Waals surface area contributed by atoms with Crippen LogP contribution < -0.4 is 0 Å². The molecule has 6 heteroatoms. The van der Waals surface area contributed by atoms with Crippen LogP contribution >= 0.6 is 0 Å². The molecule has 0 unspecified atom stereocenters. The molecule has 0 atom stereocenters. The van der Waals surface area contributed by atoms with Crippen molar-refractivity contribution < 1.29 is 19.1 Å². The van der Waals surface area contributed by atoms with Crippen LogP contribution in [-0.4, -0.2) is 74.7 Å². The van der Waals surface area contributed by atoms with Gasteiger partial charge in [0.1, 0.15) is 13.2 Å². The molecule has 0 aromatic carbocycles. The second-order valence-electron chi connectivity index (χ2n) is 9.74. The van der Waals surface area contributed by atoms with Gasteiger partial charge in [0, 0.05) is 19.5 Å². The van der Waals surface area contributed by atoms with Crippen LogP contribution in [0.2, 0.25) is 0 Å². The normalized spacial score (nSPS) is 11.6. The predicted octanol–water partition coefficient (Wildman–Crippen LogP) is 6.77. The third kappa shape index (κ3) is 24.3. The first-order valence-corrected chi connectivity index (χ1v) is 15.0. The fraction of sp³-hybridized carbons (Fsp3) is 0.867. The van der Waals surface area contributed by atoms with Gasteiger partial charge in [0.2, 0.25) is 0 Å². The van der Waals surface area contributed by atoms with Crippen molar-refractivity contribution in [3.05, 3.63) is 12.2 Å². The molecule has 0 heterocycles. The molecular formula is C30H58N2O4. The lowest BCUT2D eigenvalue weighted by molar-refractivity contribution is -0.144. The smallest absolute Gasteiger partial charge is 0.305 e. The molecule has 0 rings (SSSR count). The number of esters is 1. The summed E-state index contributed by atoms with van der Waals surface area (Å²) in [7, 11) is 0. The van der Waals surface area contributed by atoms with Crippen LogP contribution in [0.25, 0.3) is 0 Å². The third-order valence-electron chi connectivity index (χ3n) is 6.75. The zero-order valence-corrected chi connectivity index (χ0v) is 24.0. The largest absolute Gasteiger partial charge is 0.467 e. The number of ether oxygens (including phenoxy) is 2. The van der Waals surface area contributed by atoms with E-state index in [9.17, 15) is 9.59 Å². The molecule has 0 aromatic heterocycles. The fourth-order valence-electron chi connectivity index (χ4n) is 4.32. The van der Waals surface area contributed by atoms with Gasteiger partial charge in [0.25, 0.3) is 6.47 Å². The number of unbranched alkanes of at least 4 members (excludes halogenated alkanes) is 11. The van der Waals surface area contributed by atoms with Crippen LogP contribution in [0.15, 0.2) is 12.2 Å². The molecule has 0 aromatic rings. The summed E-state index contributed by atoms with van der Waals surface area (Å²) < 4.78 is 10.3. The van der Waals surface area contributed by atoms with Gasteiger partial charge >= 0.3 is 5.97 Å². The van der Waals surface area contributed by atoms with Crippen molar-refractivity contribution in [3.8, 4) is 0 Å². The molecule has 36 heavy (non-hydrogen) atoms. The highest BCUT2D eigenvalue weighted by Crippen LogP contribution is 2.10. The number of nitrogens with zero attached hydrogens (tertiary/aromatic N) is 2.